The SMILES string of the molecule is CCCC(CN1CC(=O)N(CCC)CC1=O)NC. The summed E-state index contributed by atoms with van der Waals surface area (Å²) in [5.74, 6) is 0.141. The van der Waals surface area contributed by atoms with Gasteiger partial charge in [0.15, 0.2) is 0 Å². The first kappa shape index (κ1) is 15.0. The molecule has 0 aliphatic carbocycles. The van der Waals surface area contributed by atoms with Gasteiger partial charge in [0.25, 0.3) is 0 Å². The fourth-order valence-corrected chi connectivity index (χ4v) is 2.28. The Morgan fingerprint density at radius 3 is 2.28 bits per heavy atom. The predicted molar refractivity (Wildman–Crippen MR) is 71.2 cm³/mol. The van der Waals surface area contributed by atoms with E-state index in [-0.39, 0.29) is 30.9 Å². The van der Waals surface area contributed by atoms with E-state index >= 15 is 0 Å². The summed E-state index contributed by atoms with van der Waals surface area (Å²) in [4.78, 5) is 27.2. The Bertz CT molecular complexity index is 294. The molecule has 1 heterocycles. The zero-order valence-electron chi connectivity index (χ0n) is 11.7. The summed E-state index contributed by atoms with van der Waals surface area (Å²) >= 11 is 0. The number of nitrogens with zero attached hydrogens (tertiary/aromatic N) is 2. The molecule has 1 aliphatic rings. The molecule has 5 heteroatoms. The molecule has 1 aliphatic heterocycles. The van der Waals surface area contributed by atoms with E-state index < -0.39 is 0 Å². The van der Waals surface area contributed by atoms with Crippen molar-refractivity contribution in [3.8, 4) is 0 Å². The highest BCUT2D eigenvalue weighted by Crippen LogP contribution is 2.08. The van der Waals surface area contributed by atoms with Crippen molar-refractivity contribution < 1.29 is 9.59 Å². The summed E-state index contributed by atoms with van der Waals surface area (Å²) in [5.41, 5.74) is 0. The van der Waals surface area contributed by atoms with E-state index in [2.05, 4.69) is 12.2 Å². The lowest BCUT2D eigenvalue weighted by atomic mass is 10.1. The first-order valence-corrected chi connectivity index (χ1v) is 6.85. The van der Waals surface area contributed by atoms with Gasteiger partial charge in [0.2, 0.25) is 11.8 Å². The molecule has 0 bridgehead atoms. The summed E-state index contributed by atoms with van der Waals surface area (Å²) in [6.45, 7) is 5.94. The number of rotatable bonds is 7. The van der Waals surface area contributed by atoms with E-state index in [1.54, 1.807) is 9.80 Å². The molecule has 0 aromatic carbocycles. The average molecular weight is 255 g/mol. The molecule has 0 aromatic heterocycles. The van der Waals surface area contributed by atoms with Crippen LogP contribution in [-0.2, 0) is 9.59 Å². The van der Waals surface area contributed by atoms with Crippen molar-refractivity contribution in [2.24, 2.45) is 0 Å². The number of carbonyl (C=O) groups is 2. The summed E-state index contributed by atoms with van der Waals surface area (Å²) in [5, 5.41) is 3.20. The van der Waals surface area contributed by atoms with Gasteiger partial charge in [0.05, 0.1) is 13.1 Å². The van der Waals surface area contributed by atoms with Crippen molar-refractivity contribution in [3.05, 3.63) is 0 Å². The lowest BCUT2D eigenvalue weighted by molar-refractivity contribution is -0.150. The van der Waals surface area contributed by atoms with Gasteiger partial charge in [-0.15, -0.1) is 0 Å². The van der Waals surface area contributed by atoms with Crippen LogP contribution >= 0.6 is 0 Å². The van der Waals surface area contributed by atoms with Crippen LogP contribution in [0.4, 0.5) is 0 Å². The first-order chi connectivity index (χ1) is 8.62. The minimum Gasteiger partial charge on any atom is -0.332 e. The number of piperazine rings is 1. The average Bonchev–Trinajstić information content (AvgIpc) is 2.34. The number of hydrogen-bond acceptors (Lipinski definition) is 3. The highest BCUT2D eigenvalue weighted by Gasteiger charge is 2.30. The van der Waals surface area contributed by atoms with Gasteiger partial charge in [-0.05, 0) is 19.9 Å². The molecule has 2 amide bonds. The van der Waals surface area contributed by atoms with Gasteiger partial charge < -0.3 is 15.1 Å². The third-order valence-corrected chi connectivity index (χ3v) is 3.34. The van der Waals surface area contributed by atoms with Crippen molar-refractivity contribution in [2.45, 2.75) is 39.2 Å². The van der Waals surface area contributed by atoms with Crippen LogP contribution in [0.2, 0.25) is 0 Å². The summed E-state index contributed by atoms with van der Waals surface area (Å²) in [6.07, 6.45) is 2.99. The van der Waals surface area contributed by atoms with Crippen molar-refractivity contribution in [1.29, 1.82) is 0 Å². The summed E-state index contributed by atoms with van der Waals surface area (Å²) < 4.78 is 0. The Balaban J connectivity index is 2.53. The second-order valence-corrected chi connectivity index (χ2v) is 4.86. The Morgan fingerprint density at radius 1 is 1.11 bits per heavy atom. The van der Waals surface area contributed by atoms with Crippen LogP contribution in [0.1, 0.15) is 33.1 Å². The molecule has 5 nitrogen and oxygen atoms in total. The number of carbonyl (C=O) groups excluding carboxylic acids is 2. The fourth-order valence-electron chi connectivity index (χ4n) is 2.28. The highest BCUT2D eigenvalue weighted by molar-refractivity contribution is 5.92. The Morgan fingerprint density at radius 2 is 1.72 bits per heavy atom. The normalized spacial score (nSPS) is 18.4. The molecular weight excluding hydrogens is 230 g/mol. The van der Waals surface area contributed by atoms with Crippen molar-refractivity contribution in [1.82, 2.24) is 15.1 Å². The smallest absolute Gasteiger partial charge is 0.242 e. The zero-order chi connectivity index (χ0) is 13.5. The molecule has 1 fully saturated rings. The molecule has 0 saturated carbocycles. The van der Waals surface area contributed by atoms with E-state index in [0.717, 1.165) is 19.3 Å². The van der Waals surface area contributed by atoms with E-state index in [9.17, 15) is 9.59 Å². The maximum absolute atomic E-state index is 12.0. The van der Waals surface area contributed by atoms with Crippen molar-refractivity contribution in [3.63, 3.8) is 0 Å². The van der Waals surface area contributed by atoms with Gasteiger partial charge in [-0.1, -0.05) is 20.3 Å². The largest absolute Gasteiger partial charge is 0.332 e. The van der Waals surface area contributed by atoms with Crippen LogP contribution in [-0.4, -0.2) is 60.9 Å². The highest BCUT2D eigenvalue weighted by atomic mass is 16.2. The van der Waals surface area contributed by atoms with Crippen LogP contribution < -0.4 is 5.32 Å². The van der Waals surface area contributed by atoms with Gasteiger partial charge in [0, 0.05) is 19.1 Å². The molecule has 1 atom stereocenters. The Labute approximate surface area is 110 Å². The molecule has 18 heavy (non-hydrogen) atoms. The van der Waals surface area contributed by atoms with Gasteiger partial charge in [-0.3, -0.25) is 9.59 Å². The number of likely N-dealkylation sites (N-methyl/N-ethyl adjacent to an activating group) is 1. The van der Waals surface area contributed by atoms with Gasteiger partial charge in [-0.25, -0.2) is 0 Å². The number of hydrogen-bond donors (Lipinski definition) is 1. The van der Waals surface area contributed by atoms with Crippen molar-refractivity contribution >= 4 is 11.8 Å². The standard InChI is InChI=1S/C13H25N3O2/c1-4-6-11(14-3)8-16-10-12(17)15(7-5-2)9-13(16)18/h11,14H,4-10H2,1-3H3. The first-order valence-electron chi connectivity index (χ1n) is 6.85. The van der Waals surface area contributed by atoms with E-state index in [1.165, 1.54) is 0 Å². The number of amides is 2. The quantitative estimate of drug-likeness (QED) is 0.719. The zero-order valence-corrected chi connectivity index (χ0v) is 11.7. The van der Waals surface area contributed by atoms with Gasteiger partial charge in [-0.2, -0.15) is 0 Å². The van der Waals surface area contributed by atoms with E-state index in [0.29, 0.717) is 13.1 Å². The molecule has 1 saturated heterocycles. The maximum atomic E-state index is 12.0. The van der Waals surface area contributed by atoms with Crippen molar-refractivity contribution in [2.75, 3.05) is 33.2 Å². The molecular formula is C13H25N3O2. The van der Waals surface area contributed by atoms with Gasteiger partial charge in [0.1, 0.15) is 0 Å². The van der Waals surface area contributed by atoms with Crippen LogP contribution in [0.15, 0.2) is 0 Å². The van der Waals surface area contributed by atoms with Crippen LogP contribution in [0.5, 0.6) is 0 Å². The molecule has 104 valence electrons. The minimum absolute atomic E-state index is 0.0689. The van der Waals surface area contributed by atoms with E-state index in [4.69, 9.17) is 0 Å². The molecule has 0 radical (unpaired) electrons. The topological polar surface area (TPSA) is 52.7 Å². The molecule has 0 aromatic rings. The molecule has 1 N–H and O–H groups in total. The Kier molecular flexibility index (Phi) is 6.12. The second-order valence-electron chi connectivity index (χ2n) is 4.86. The van der Waals surface area contributed by atoms with E-state index in [1.807, 2.05) is 14.0 Å². The maximum Gasteiger partial charge on any atom is 0.242 e. The van der Waals surface area contributed by atoms with Crippen LogP contribution in [0.3, 0.4) is 0 Å². The molecule has 1 rings (SSSR count). The lowest BCUT2D eigenvalue weighted by Gasteiger charge is -2.35. The second kappa shape index (κ2) is 7.36. The summed E-state index contributed by atoms with van der Waals surface area (Å²) in [6, 6.07) is 0.282. The molecule has 0 spiro atoms. The van der Waals surface area contributed by atoms with Crippen LogP contribution in [0.25, 0.3) is 0 Å². The minimum atomic E-state index is 0.0689. The third kappa shape index (κ3) is 3.98. The fraction of sp³-hybridized carbons (Fsp3) is 0.846. The predicted octanol–water partition coefficient (Wildman–Crippen LogP) is 0.455. The third-order valence-electron chi connectivity index (χ3n) is 3.34. The monoisotopic (exact) mass is 255 g/mol. The lowest BCUT2D eigenvalue weighted by Crippen LogP contribution is -2.56. The van der Waals surface area contributed by atoms with Gasteiger partial charge >= 0.3 is 0 Å². The summed E-state index contributed by atoms with van der Waals surface area (Å²) in [7, 11) is 1.90. The van der Waals surface area contributed by atoms with Crippen LogP contribution in [0, 0.1) is 0 Å². The Hall–Kier alpha value is -1.10. The molecule has 1 unspecified atom stereocenters. The number of nitrogens with one attached hydrogen (secondary N) is 1.